The zero-order valence-corrected chi connectivity index (χ0v) is 12.5. The number of hydrogen-bond acceptors (Lipinski definition) is 5. The first-order chi connectivity index (χ1) is 8.19. The molecule has 0 saturated carbocycles. The molecule has 1 saturated heterocycles. The quantitative estimate of drug-likeness (QED) is 0.897. The maximum absolute atomic E-state index is 9.54. The third-order valence-electron chi connectivity index (χ3n) is 2.90. The maximum Gasteiger partial charge on any atom is 0.185 e. The number of nitrogens with zero attached hydrogens (tertiary/aromatic N) is 2. The molecule has 1 unspecified atom stereocenters. The van der Waals surface area contributed by atoms with Crippen molar-refractivity contribution in [2.24, 2.45) is 0 Å². The van der Waals surface area contributed by atoms with Gasteiger partial charge in [0, 0.05) is 18.5 Å². The zero-order valence-electron chi connectivity index (χ0n) is 11.7. The molecule has 4 nitrogen and oxygen atoms in total. The van der Waals surface area contributed by atoms with E-state index in [0.29, 0.717) is 0 Å². The van der Waals surface area contributed by atoms with Crippen LogP contribution in [0.3, 0.4) is 0 Å². The lowest BCUT2D eigenvalue weighted by Crippen LogP contribution is -2.57. The Morgan fingerprint density at radius 2 is 1.89 bits per heavy atom. The van der Waals surface area contributed by atoms with Gasteiger partial charge in [-0.05, 0) is 34.6 Å². The number of anilines is 1. The summed E-state index contributed by atoms with van der Waals surface area (Å²) in [5.74, 6) is 0. The van der Waals surface area contributed by atoms with Gasteiger partial charge in [0.2, 0.25) is 0 Å². The number of aromatic nitrogens is 1. The van der Waals surface area contributed by atoms with Gasteiger partial charge in [0.25, 0.3) is 0 Å². The average Bonchev–Trinajstić information content (AvgIpc) is 2.60. The fourth-order valence-corrected chi connectivity index (χ4v) is 3.45. The lowest BCUT2D eigenvalue weighted by Gasteiger charge is -2.47. The molecule has 1 atom stereocenters. The minimum Gasteiger partial charge on any atom is -0.387 e. The van der Waals surface area contributed by atoms with Crippen molar-refractivity contribution in [3.63, 3.8) is 0 Å². The number of aliphatic hydroxyl groups excluding tert-OH is 1. The average molecular weight is 270 g/mol. The van der Waals surface area contributed by atoms with Crippen LogP contribution in [0.2, 0.25) is 0 Å². The summed E-state index contributed by atoms with van der Waals surface area (Å²) in [7, 11) is 0. The van der Waals surface area contributed by atoms with E-state index in [9.17, 15) is 5.11 Å². The summed E-state index contributed by atoms with van der Waals surface area (Å²) in [4.78, 5) is 6.75. The highest BCUT2D eigenvalue weighted by molar-refractivity contribution is 7.13. The van der Waals surface area contributed by atoms with Gasteiger partial charge < -0.3 is 14.7 Å². The summed E-state index contributed by atoms with van der Waals surface area (Å²) < 4.78 is 6.05. The largest absolute Gasteiger partial charge is 0.387 e. The predicted octanol–water partition coefficient (Wildman–Crippen LogP) is 2.59. The number of ether oxygens (including phenoxy) is 1. The van der Waals surface area contributed by atoms with Crippen molar-refractivity contribution in [2.45, 2.75) is 51.9 Å². The second-order valence-corrected chi connectivity index (χ2v) is 7.04. The number of morpholine rings is 1. The van der Waals surface area contributed by atoms with Gasteiger partial charge in [-0.1, -0.05) is 0 Å². The molecular weight excluding hydrogens is 248 g/mol. The van der Waals surface area contributed by atoms with Crippen molar-refractivity contribution in [3.05, 3.63) is 11.1 Å². The van der Waals surface area contributed by atoms with Crippen molar-refractivity contribution < 1.29 is 9.84 Å². The molecule has 0 bridgehead atoms. The highest BCUT2D eigenvalue weighted by Gasteiger charge is 2.39. The fourth-order valence-electron chi connectivity index (χ4n) is 2.54. The smallest absolute Gasteiger partial charge is 0.185 e. The summed E-state index contributed by atoms with van der Waals surface area (Å²) in [6, 6.07) is 0. The number of hydrogen-bond donors (Lipinski definition) is 1. The molecule has 0 aromatic carbocycles. The van der Waals surface area contributed by atoms with E-state index in [1.165, 1.54) is 0 Å². The topological polar surface area (TPSA) is 45.6 Å². The first-order valence-corrected chi connectivity index (χ1v) is 7.15. The SMILES string of the molecule is CC(O)c1csc(N2CC(C)(C)OC(C)(C)C2)n1. The van der Waals surface area contributed by atoms with Gasteiger partial charge in [0.1, 0.15) is 0 Å². The summed E-state index contributed by atoms with van der Waals surface area (Å²) in [6.07, 6.45) is -0.503. The lowest BCUT2D eigenvalue weighted by molar-refractivity contribution is -0.133. The van der Waals surface area contributed by atoms with Crippen LogP contribution in [0.4, 0.5) is 5.13 Å². The standard InChI is InChI=1S/C13H22N2O2S/c1-9(16)10-6-18-11(14-10)15-7-12(2,3)17-13(4,5)8-15/h6,9,16H,7-8H2,1-5H3. The van der Waals surface area contributed by atoms with Crippen LogP contribution >= 0.6 is 11.3 Å². The molecule has 1 aromatic rings. The van der Waals surface area contributed by atoms with Gasteiger partial charge in [-0.2, -0.15) is 0 Å². The van der Waals surface area contributed by atoms with Gasteiger partial charge >= 0.3 is 0 Å². The van der Waals surface area contributed by atoms with Gasteiger partial charge in [-0.15, -0.1) is 11.3 Å². The van der Waals surface area contributed by atoms with Crippen LogP contribution in [0, 0.1) is 0 Å². The molecular formula is C13H22N2O2S. The summed E-state index contributed by atoms with van der Waals surface area (Å²) >= 11 is 1.59. The Labute approximate surface area is 113 Å². The van der Waals surface area contributed by atoms with E-state index in [1.54, 1.807) is 18.3 Å². The molecule has 18 heavy (non-hydrogen) atoms. The van der Waals surface area contributed by atoms with E-state index in [1.807, 2.05) is 5.38 Å². The molecule has 1 N–H and O–H groups in total. The molecule has 1 aromatic heterocycles. The highest BCUT2D eigenvalue weighted by Crippen LogP contribution is 2.33. The van der Waals surface area contributed by atoms with Crippen molar-refractivity contribution in [2.75, 3.05) is 18.0 Å². The first-order valence-electron chi connectivity index (χ1n) is 6.27. The Balaban J connectivity index is 2.21. The predicted molar refractivity (Wildman–Crippen MR) is 74.2 cm³/mol. The van der Waals surface area contributed by atoms with Crippen LogP contribution < -0.4 is 4.90 Å². The van der Waals surface area contributed by atoms with Gasteiger partial charge in [0.15, 0.2) is 5.13 Å². The van der Waals surface area contributed by atoms with Crippen LogP contribution in [-0.4, -0.2) is 34.4 Å². The second kappa shape index (κ2) is 4.47. The van der Waals surface area contributed by atoms with E-state index in [2.05, 4.69) is 37.6 Å². The van der Waals surface area contributed by atoms with Gasteiger partial charge in [0.05, 0.1) is 23.0 Å². The van der Waals surface area contributed by atoms with Crippen molar-refractivity contribution in [1.82, 2.24) is 4.98 Å². The minimum absolute atomic E-state index is 0.182. The normalized spacial score (nSPS) is 24.0. The number of thiazole rings is 1. The van der Waals surface area contributed by atoms with E-state index in [4.69, 9.17) is 4.74 Å². The van der Waals surface area contributed by atoms with Gasteiger partial charge in [-0.3, -0.25) is 0 Å². The third-order valence-corrected chi connectivity index (χ3v) is 3.82. The molecule has 2 heterocycles. The molecule has 2 rings (SSSR count). The van der Waals surface area contributed by atoms with Gasteiger partial charge in [-0.25, -0.2) is 4.98 Å². The monoisotopic (exact) mass is 270 g/mol. The van der Waals surface area contributed by atoms with Crippen molar-refractivity contribution in [1.29, 1.82) is 0 Å². The Morgan fingerprint density at radius 3 is 2.33 bits per heavy atom. The summed E-state index contributed by atoms with van der Waals surface area (Å²) in [5, 5.41) is 12.4. The molecule has 102 valence electrons. The lowest BCUT2D eigenvalue weighted by atomic mass is 9.99. The molecule has 0 aliphatic carbocycles. The maximum atomic E-state index is 9.54. The van der Waals surface area contributed by atoms with Crippen LogP contribution in [-0.2, 0) is 4.74 Å². The molecule has 1 aliphatic rings. The number of aliphatic hydroxyl groups is 1. The van der Waals surface area contributed by atoms with E-state index in [-0.39, 0.29) is 11.2 Å². The van der Waals surface area contributed by atoms with E-state index < -0.39 is 6.10 Å². The van der Waals surface area contributed by atoms with Crippen LogP contribution in [0.15, 0.2) is 5.38 Å². The summed E-state index contributed by atoms with van der Waals surface area (Å²) in [5.41, 5.74) is 0.383. The molecule has 0 radical (unpaired) electrons. The van der Waals surface area contributed by atoms with Crippen molar-refractivity contribution >= 4 is 16.5 Å². The Bertz CT molecular complexity index is 410. The number of rotatable bonds is 2. The van der Waals surface area contributed by atoms with Crippen LogP contribution in [0.25, 0.3) is 0 Å². The Kier molecular flexibility index (Phi) is 3.42. The molecule has 0 amide bonds. The van der Waals surface area contributed by atoms with E-state index >= 15 is 0 Å². The Morgan fingerprint density at radius 1 is 1.33 bits per heavy atom. The fraction of sp³-hybridized carbons (Fsp3) is 0.769. The highest BCUT2D eigenvalue weighted by atomic mass is 32.1. The molecule has 5 heteroatoms. The second-order valence-electron chi connectivity index (χ2n) is 6.21. The van der Waals surface area contributed by atoms with Crippen LogP contribution in [0.5, 0.6) is 0 Å². The zero-order chi connectivity index (χ0) is 13.6. The summed E-state index contributed by atoms with van der Waals surface area (Å²) in [6.45, 7) is 11.8. The molecule has 0 spiro atoms. The molecule has 1 aliphatic heterocycles. The molecule has 1 fully saturated rings. The van der Waals surface area contributed by atoms with E-state index in [0.717, 1.165) is 23.9 Å². The minimum atomic E-state index is -0.503. The van der Waals surface area contributed by atoms with Crippen molar-refractivity contribution in [3.8, 4) is 0 Å². The third kappa shape index (κ3) is 3.02. The Hall–Kier alpha value is -0.650. The first kappa shape index (κ1) is 13.8. The van der Waals surface area contributed by atoms with Crippen LogP contribution in [0.1, 0.15) is 46.4 Å².